The molecule has 0 unspecified atom stereocenters. The molecule has 0 amide bonds. The minimum absolute atomic E-state index is 0.457. The molecule has 0 atom stereocenters. The zero-order chi connectivity index (χ0) is 11.8. The van der Waals surface area contributed by atoms with E-state index < -0.39 is 0 Å². The molecule has 0 aliphatic rings. The Kier molecular flexibility index (Phi) is 2.26. The lowest BCUT2D eigenvalue weighted by Gasteiger charge is -2.04. The molecule has 5 heteroatoms. The number of fused-ring (bicyclic) bond motifs is 1. The van der Waals surface area contributed by atoms with Gasteiger partial charge in [0.25, 0.3) is 0 Å². The van der Waals surface area contributed by atoms with Crippen molar-refractivity contribution in [1.29, 1.82) is 0 Å². The van der Waals surface area contributed by atoms with E-state index in [4.69, 9.17) is 12.2 Å². The third kappa shape index (κ3) is 1.74. The standard InChI is InChI=1S/C12H10N4S/c1-7-6-9(11-14-12(17)16-15-11)8-4-2-3-5-10(8)13-7/h2-6H,1H3,(H2,14,15,16,17). The van der Waals surface area contributed by atoms with Crippen molar-refractivity contribution < 1.29 is 0 Å². The molecule has 0 saturated carbocycles. The van der Waals surface area contributed by atoms with Gasteiger partial charge in [-0.25, -0.2) is 0 Å². The molecule has 0 radical (unpaired) electrons. The number of hydrogen-bond acceptors (Lipinski definition) is 3. The van der Waals surface area contributed by atoms with Crippen molar-refractivity contribution in [2.75, 3.05) is 0 Å². The van der Waals surface area contributed by atoms with E-state index in [0.29, 0.717) is 4.77 Å². The Morgan fingerprint density at radius 1 is 1.12 bits per heavy atom. The normalized spacial score (nSPS) is 10.9. The SMILES string of the molecule is Cc1cc(-c2nc(=S)[nH][nH]2)c2ccccc2n1. The van der Waals surface area contributed by atoms with Crippen LogP contribution in [0.1, 0.15) is 5.69 Å². The molecule has 3 rings (SSSR count). The van der Waals surface area contributed by atoms with Gasteiger partial charge in [-0.1, -0.05) is 18.2 Å². The number of aromatic amines is 2. The van der Waals surface area contributed by atoms with Gasteiger partial charge in [-0.3, -0.25) is 15.2 Å². The Labute approximate surface area is 103 Å². The van der Waals surface area contributed by atoms with Crippen molar-refractivity contribution in [3.8, 4) is 11.4 Å². The van der Waals surface area contributed by atoms with Crippen LogP contribution in [0.2, 0.25) is 0 Å². The first-order valence-electron chi connectivity index (χ1n) is 5.25. The second-order valence-corrected chi connectivity index (χ2v) is 4.23. The summed E-state index contributed by atoms with van der Waals surface area (Å²) in [5, 5.41) is 6.85. The lowest BCUT2D eigenvalue weighted by molar-refractivity contribution is 1.08. The fourth-order valence-electron chi connectivity index (χ4n) is 1.90. The summed E-state index contributed by atoms with van der Waals surface area (Å²) in [5.41, 5.74) is 2.94. The highest BCUT2D eigenvalue weighted by molar-refractivity contribution is 7.71. The topological polar surface area (TPSA) is 57.4 Å². The minimum Gasteiger partial charge on any atom is -0.282 e. The number of nitrogens with zero attached hydrogens (tertiary/aromatic N) is 2. The number of pyridine rings is 1. The van der Waals surface area contributed by atoms with Gasteiger partial charge < -0.3 is 0 Å². The fraction of sp³-hybridized carbons (Fsp3) is 0.0833. The Morgan fingerprint density at radius 3 is 2.71 bits per heavy atom. The summed E-state index contributed by atoms with van der Waals surface area (Å²) < 4.78 is 0.457. The van der Waals surface area contributed by atoms with Crippen molar-refractivity contribution in [2.24, 2.45) is 0 Å². The first-order chi connectivity index (χ1) is 8.24. The summed E-state index contributed by atoms with van der Waals surface area (Å²) in [5.74, 6) is 0.747. The average Bonchev–Trinajstić information content (AvgIpc) is 2.74. The minimum atomic E-state index is 0.457. The van der Waals surface area contributed by atoms with Crippen LogP contribution in [0.3, 0.4) is 0 Å². The molecule has 1 aromatic carbocycles. The summed E-state index contributed by atoms with van der Waals surface area (Å²) in [6, 6.07) is 10.00. The van der Waals surface area contributed by atoms with Crippen LogP contribution in [0.4, 0.5) is 0 Å². The molecule has 2 N–H and O–H groups in total. The Balaban J connectivity index is 2.39. The van der Waals surface area contributed by atoms with E-state index in [0.717, 1.165) is 28.0 Å². The Morgan fingerprint density at radius 2 is 1.94 bits per heavy atom. The molecule has 0 aliphatic heterocycles. The first kappa shape index (κ1) is 10.2. The lowest BCUT2D eigenvalue weighted by Crippen LogP contribution is -1.89. The number of hydrogen-bond donors (Lipinski definition) is 2. The van der Waals surface area contributed by atoms with Gasteiger partial charge in [-0.15, -0.1) is 0 Å². The molecular weight excluding hydrogens is 232 g/mol. The highest BCUT2D eigenvalue weighted by Crippen LogP contribution is 2.25. The summed E-state index contributed by atoms with van der Waals surface area (Å²) in [4.78, 5) is 8.74. The highest BCUT2D eigenvalue weighted by atomic mass is 32.1. The van der Waals surface area contributed by atoms with E-state index in [-0.39, 0.29) is 0 Å². The molecule has 0 bridgehead atoms. The molecule has 3 aromatic rings. The Bertz CT molecular complexity index is 741. The number of para-hydroxylation sites is 1. The van der Waals surface area contributed by atoms with Crippen LogP contribution < -0.4 is 0 Å². The maximum Gasteiger partial charge on any atom is 0.213 e. The summed E-state index contributed by atoms with van der Waals surface area (Å²) in [6.45, 7) is 1.97. The van der Waals surface area contributed by atoms with E-state index in [2.05, 4.69) is 20.2 Å². The van der Waals surface area contributed by atoms with Crippen LogP contribution in [-0.2, 0) is 0 Å². The molecular formula is C12H10N4S. The van der Waals surface area contributed by atoms with Crippen LogP contribution in [0.15, 0.2) is 30.3 Å². The fourth-order valence-corrected chi connectivity index (χ4v) is 2.04. The molecule has 2 aromatic heterocycles. The summed E-state index contributed by atoms with van der Waals surface area (Å²) in [6.07, 6.45) is 0. The number of aryl methyl sites for hydroxylation is 1. The number of rotatable bonds is 1. The first-order valence-corrected chi connectivity index (χ1v) is 5.66. The highest BCUT2D eigenvalue weighted by Gasteiger charge is 2.08. The van der Waals surface area contributed by atoms with E-state index in [1.807, 2.05) is 37.3 Å². The molecule has 17 heavy (non-hydrogen) atoms. The largest absolute Gasteiger partial charge is 0.282 e. The lowest BCUT2D eigenvalue weighted by atomic mass is 10.1. The quantitative estimate of drug-likeness (QED) is 0.645. The second kappa shape index (κ2) is 3.78. The van der Waals surface area contributed by atoms with Gasteiger partial charge in [-0.05, 0) is 31.3 Å². The van der Waals surface area contributed by atoms with Gasteiger partial charge in [0, 0.05) is 16.6 Å². The van der Waals surface area contributed by atoms with Crippen molar-refractivity contribution in [2.45, 2.75) is 6.92 Å². The van der Waals surface area contributed by atoms with Crippen LogP contribution in [0.5, 0.6) is 0 Å². The van der Waals surface area contributed by atoms with Crippen LogP contribution in [0.25, 0.3) is 22.3 Å². The van der Waals surface area contributed by atoms with Gasteiger partial charge in [0.05, 0.1) is 5.52 Å². The molecule has 0 saturated heterocycles. The smallest absolute Gasteiger partial charge is 0.213 e. The van der Waals surface area contributed by atoms with Crippen LogP contribution in [-0.4, -0.2) is 20.2 Å². The third-order valence-electron chi connectivity index (χ3n) is 2.60. The molecule has 0 spiro atoms. The van der Waals surface area contributed by atoms with Gasteiger partial charge in [0.1, 0.15) is 0 Å². The van der Waals surface area contributed by atoms with E-state index in [1.54, 1.807) is 0 Å². The van der Waals surface area contributed by atoms with E-state index in [9.17, 15) is 0 Å². The van der Waals surface area contributed by atoms with Gasteiger partial charge in [-0.2, -0.15) is 4.98 Å². The van der Waals surface area contributed by atoms with Crippen molar-refractivity contribution in [1.82, 2.24) is 20.2 Å². The number of aromatic nitrogens is 4. The third-order valence-corrected chi connectivity index (χ3v) is 2.79. The number of H-pyrrole nitrogens is 2. The Hall–Kier alpha value is -2.01. The van der Waals surface area contributed by atoms with Crippen molar-refractivity contribution in [3.05, 3.63) is 40.8 Å². The maximum absolute atomic E-state index is 4.97. The van der Waals surface area contributed by atoms with Crippen LogP contribution in [0, 0.1) is 11.7 Å². The zero-order valence-corrected chi connectivity index (χ0v) is 10.0. The maximum atomic E-state index is 4.97. The average molecular weight is 242 g/mol. The number of benzene rings is 1. The van der Waals surface area contributed by atoms with Crippen molar-refractivity contribution in [3.63, 3.8) is 0 Å². The molecule has 2 heterocycles. The molecule has 0 aliphatic carbocycles. The van der Waals surface area contributed by atoms with E-state index >= 15 is 0 Å². The zero-order valence-electron chi connectivity index (χ0n) is 9.19. The predicted octanol–water partition coefficient (Wildman–Crippen LogP) is 2.99. The second-order valence-electron chi connectivity index (χ2n) is 3.84. The van der Waals surface area contributed by atoms with Crippen molar-refractivity contribution >= 4 is 23.1 Å². The van der Waals surface area contributed by atoms with Gasteiger partial charge in [0.2, 0.25) is 4.77 Å². The van der Waals surface area contributed by atoms with Crippen LogP contribution >= 0.6 is 12.2 Å². The summed E-state index contributed by atoms with van der Waals surface area (Å²) in [7, 11) is 0. The van der Waals surface area contributed by atoms with Gasteiger partial charge in [0.15, 0.2) is 5.82 Å². The predicted molar refractivity (Wildman–Crippen MR) is 69.2 cm³/mol. The molecule has 84 valence electrons. The molecule has 4 nitrogen and oxygen atoms in total. The monoisotopic (exact) mass is 242 g/mol. The summed E-state index contributed by atoms with van der Waals surface area (Å²) >= 11 is 4.97. The molecule has 0 fully saturated rings. The number of nitrogens with one attached hydrogen (secondary N) is 2. The van der Waals surface area contributed by atoms with Gasteiger partial charge >= 0.3 is 0 Å². The van der Waals surface area contributed by atoms with E-state index in [1.165, 1.54) is 0 Å².